The number of hydrogen-bond donors (Lipinski definition) is 0. The highest BCUT2D eigenvalue weighted by Crippen LogP contribution is 2.19. The van der Waals surface area contributed by atoms with Gasteiger partial charge in [-0.1, -0.05) is 6.08 Å². The summed E-state index contributed by atoms with van der Waals surface area (Å²) in [6, 6.07) is 0. The van der Waals surface area contributed by atoms with Gasteiger partial charge in [-0.3, -0.25) is 4.79 Å². The topological polar surface area (TPSA) is 35.5 Å². The van der Waals surface area contributed by atoms with Gasteiger partial charge in [0.1, 0.15) is 0 Å². The molecule has 0 radical (unpaired) electrons. The van der Waals surface area contributed by atoms with E-state index >= 15 is 0 Å². The standard InChI is InChI=1S/C10H14O3/c11-8-4-5-9(7-8)13-10-3-1-2-6-12-10/h4-5,9-10H,1-3,6-7H2/t9?,10-/m0/s1. The van der Waals surface area contributed by atoms with E-state index in [0.717, 1.165) is 25.9 Å². The van der Waals surface area contributed by atoms with Gasteiger partial charge in [0.2, 0.25) is 0 Å². The van der Waals surface area contributed by atoms with Crippen molar-refractivity contribution in [1.82, 2.24) is 0 Å². The van der Waals surface area contributed by atoms with Crippen molar-refractivity contribution in [3.8, 4) is 0 Å². The first-order valence-corrected chi connectivity index (χ1v) is 4.83. The fourth-order valence-corrected chi connectivity index (χ4v) is 1.66. The van der Waals surface area contributed by atoms with Gasteiger partial charge in [0.25, 0.3) is 0 Å². The van der Waals surface area contributed by atoms with E-state index in [0.29, 0.717) is 6.42 Å². The second-order valence-electron chi connectivity index (χ2n) is 3.50. The van der Waals surface area contributed by atoms with E-state index in [2.05, 4.69) is 0 Å². The third-order valence-electron chi connectivity index (χ3n) is 2.36. The summed E-state index contributed by atoms with van der Waals surface area (Å²) in [5.74, 6) is 0.154. The Labute approximate surface area is 77.7 Å². The van der Waals surface area contributed by atoms with Crippen LogP contribution in [0, 0.1) is 0 Å². The molecule has 3 heteroatoms. The monoisotopic (exact) mass is 182 g/mol. The van der Waals surface area contributed by atoms with Crippen LogP contribution in [0.3, 0.4) is 0 Å². The van der Waals surface area contributed by atoms with E-state index in [9.17, 15) is 4.79 Å². The minimum absolute atomic E-state index is 0.0457. The van der Waals surface area contributed by atoms with Crippen molar-refractivity contribution in [2.45, 2.75) is 38.1 Å². The molecule has 0 aromatic carbocycles. The van der Waals surface area contributed by atoms with E-state index < -0.39 is 0 Å². The lowest BCUT2D eigenvalue weighted by Gasteiger charge is -2.24. The summed E-state index contributed by atoms with van der Waals surface area (Å²) < 4.78 is 11.0. The van der Waals surface area contributed by atoms with Crippen LogP contribution in [0.4, 0.5) is 0 Å². The zero-order valence-corrected chi connectivity index (χ0v) is 7.57. The van der Waals surface area contributed by atoms with Crippen molar-refractivity contribution < 1.29 is 14.3 Å². The zero-order chi connectivity index (χ0) is 9.10. The van der Waals surface area contributed by atoms with Crippen LogP contribution < -0.4 is 0 Å². The summed E-state index contributed by atoms with van der Waals surface area (Å²) in [6.45, 7) is 0.787. The molecular weight excluding hydrogens is 168 g/mol. The number of rotatable bonds is 2. The normalized spacial score (nSPS) is 34.0. The first kappa shape index (κ1) is 8.91. The maximum atomic E-state index is 10.9. The number of allylic oxidation sites excluding steroid dienone is 1. The number of ether oxygens (including phenoxy) is 2. The fraction of sp³-hybridized carbons (Fsp3) is 0.700. The molecule has 72 valence electrons. The van der Waals surface area contributed by atoms with Crippen molar-refractivity contribution in [1.29, 1.82) is 0 Å². The van der Waals surface area contributed by atoms with Crippen LogP contribution in [0.25, 0.3) is 0 Å². The molecule has 0 saturated carbocycles. The lowest BCUT2D eigenvalue weighted by atomic mass is 10.2. The van der Waals surface area contributed by atoms with Crippen molar-refractivity contribution in [2.75, 3.05) is 6.61 Å². The molecule has 2 atom stereocenters. The Hall–Kier alpha value is -0.670. The van der Waals surface area contributed by atoms with Crippen LogP contribution in [0.15, 0.2) is 12.2 Å². The SMILES string of the molecule is O=C1C=CC(O[C@H]2CCCCO2)C1. The van der Waals surface area contributed by atoms with Gasteiger partial charge in [-0.2, -0.15) is 0 Å². The third kappa shape index (κ3) is 2.39. The minimum atomic E-state index is -0.0886. The van der Waals surface area contributed by atoms with Gasteiger partial charge in [-0.25, -0.2) is 0 Å². The summed E-state index contributed by atoms with van der Waals surface area (Å²) in [6.07, 6.45) is 7.01. The number of carbonyl (C=O) groups excluding carboxylic acids is 1. The van der Waals surface area contributed by atoms with Crippen LogP contribution in [-0.2, 0) is 14.3 Å². The molecule has 0 spiro atoms. The molecule has 1 heterocycles. The lowest BCUT2D eigenvalue weighted by Crippen LogP contribution is -2.26. The lowest BCUT2D eigenvalue weighted by molar-refractivity contribution is -0.178. The maximum Gasteiger partial charge on any atom is 0.158 e. The van der Waals surface area contributed by atoms with Gasteiger partial charge < -0.3 is 9.47 Å². The summed E-state index contributed by atoms with van der Waals surface area (Å²) in [5, 5.41) is 0. The van der Waals surface area contributed by atoms with Gasteiger partial charge in [-0.05, 0) is 25.3 Å². The van der Waals surface area contributed by atoms with Crippen molar-refractivity contribution >= 4 is 5.78 Å². The molecule has 1 aliphatic heterocycles. The molecule has 0 N–H and O–H groups in total. The Bertz CT molecular complexity index is 216. The highest BCUT2D eigenvalue weighted by Gasteiger charge is 2.22. The quantitative estimate of drug-likeness (QED) is 0.648. The molecule has 0 amide bonds. The van der Waals surface area contributed by atoms with E-state index in [4.69, 9.17) is 9.47 Å². The summed E-state index contributed by atoms with van der Waals surface area (Å²) in [4.78, 5) is 10.9. The molecule has 1 fully saturated rings. The number of carbonyl (C=O) groups is 1. The highest BCUT2D eigenvalue weighted by molar-refractivity contribution is 5.92. The second kappa shape index (κ2) is 4.03. The van der Waals surface area contributed by atoms with Crippen LogP contribution in [0.1, 0.15) is 25.7 Å². The molecule has 1 saturated heterocycles. The van der Waals surface area contributed by atoms with Gasteiger partial charge in [0.15, 0.2) is 12.1 Å². The Morgan fingerprint density at radius 2 is 2.38 bits per heavy atom. The van der Waals surface area contributed by atoms with Crippen molar-refractivity contribution in [3.63, 3.8) is 0 Å². The molecule has 13 heavy (non-hydrogen) atoms. The maximum absolute atomic E-state index is 10.9. The first-order valence-electron chi connectivity index (χ1n) is 4.83. The first-order chi connectivity index (χ1) is 6.34. The van der Waals surface area contributed by atoms with Crippen LogP contribution in [0.5, 0.6) is 0 Å². The van der Waals surface area contributed by atoms with Crippen LogP contribution >= 0.6 is 0 Å². The largest absolute Gasteiger partial charge is 0.353 e. The number of hydrogen-bond acceptors (Lipinski definition) is 3. The molecule has 0 aromatic heterocycles. The van der Waals surface area contributed by atoms with Crippen LogP contribution in [-0.4, -0.2) is 24.8 Å². The average molecular weight is 182 g/mol. The average Bonchev–Trinajstić information content (AvgIpc) is 2.53. The second-order valence-corrected chi connectivity index (χ2v) is 3.50. The predicted octanol–water partition coefficient (Wildman–Crippen LogP) is 1.43. The summed E-state index contributed by atoms with van der Waals surface area (Å²) in [7, 11) is 0. The molecule has 3 nitrogen and oxygen atoms in total. The van der Waals surface area contributed by atoms with Crippen LogP contribution in [0.2, 0.25) is 0 Å². The number of ketones is 1. The molecule has 2 rings (SSSR count). The van der Waals surface area contributed by atoms with Gasteiger partial charge >= 0.3 is 0 Å². The van der Waals surface area contributed by atoms with E-state index in [-0.39, 0.29) is 18.2 Å². The molecule has 0 bridgehead atoms. The minimum Gasteiger partial charge on any atom is -0.353 e. The summed E-state index contributed by atoms with van der Waals surface area (Å²) >= 11 is 0. The van der Waals surface area contributed by atoms with E-state index in [1.807, 2.05) is 6.08 Å². The van der Waals surface area contributed by atoms with Crippen molar-refractivity contribution in [3.05, 3.63) is 12.2 Å². The van der Waals surface area contributed by atoms with Gasteiger partial charge in [0, 0.05) is 13.0 Å². The Kier molecular flexibility index (Phi) is 2.76. The molecule has 0 aromatic rings. The molecular formula is C10H14O3. The fourth-order valence-electron chi connectivity index (χ4n) is 1.66. The molecule has 1 aliphatic carbocycles. The van der Waals surface area contributed by atoms with E-state index in [1.165, 1.54) is 0 Å². The molecule has 2 aliphatic rings. The summed E-state index contributed by atoms with van der Waals surface area (Å²) in [5.41, 5.74) is 0. The van der Waals surface area contributed by atoms with Gasteiger partial charge in [-0.15, -0.1) is 0 Å². The predicted molar refractivity (Wildman–Crippen MR) is 47.2 cm³/mol. The Morgan fingerprint density at radius 3 is 3.00 bits per heavy atom. The van der Waals surface area contributed by atoms with Crippen molar-refractivity contribution in [2.24, 2.45) is 0 Å². The third-order valence-corrected chi connectivity index (χ3v) is 2.36. The Morgan fingerprint density at radius 1 is 1.46 bits per heavy atom. The smallest absolute Gasteiger partial charge is 0.158 e. The zero-order valence-electron chi connectivity index (χ0n) is 7.57. The van der Waals surface area contributed by atoms with E-state index in [1.54, 1.807) is 6.08 Å². The Balaban J connectivity index is 1.77. The molecule has 1 unspecified atom stereocenters. The highest BCUT2D eigenvalue weighted by atomic mass is 16.7. The van der Waals surface area contributed by atoms with Gasteiger partial charge in [0.05, 0.1) is 6.10 Å².